The maximum Gasteiger partial charge on any atom is 0.269 e. The van der Waals surface area contributed by atoms with Gasteiger partial charge in [0.1, 0.15) is 18.2 Å². The zero-order valence-electron chi connectivity index (χ0n) is 18.5. The van der Waals surface area contributed by atoms with Gasteiger partial charge in [0.05, 0.1) is 11.8 Å². The van der Waals surface area contributed by atoms with Gasteiger partial charge in [0.25, 0.3) is 5.91 Å². The molecule has 1 heterocycles. The molecule has 4 aromatic rings. The molecule has 35 heavy (non-hydrogen) atoms. The van der Waals surface area contributed by atoms with Crippen molar-refractivity contribution >= 4 is 23.4 Å². The lowest BCUT2D eigenvalue weighted by Gasteiger charge is -2.09. The van der Waals surface area contributed by atoms with Crippen LogP contribution in [0.1, 0.15) is 28.2 Å². The van der Waals surface area contributed by atoms with Gasteiger partial charge in [0, 0.05) is 23.4 Å². The van der Waals surface area contributed by atoms with Gasteiger partial charge in [0.2, 0.25) is 5.91 Å². The fourth-order valence-corrected chi connectivity index (χ4v) is 3.27. The Morgan fingerprint density at radius 1 is 0.971 bits per heavy atom. The Morgan fingerprint density at radius 2 is 1.71 bits per heavy atom. The summed E-state index contributed by atoms with van der Waals surface area (Å²) >= 11 is 5.86. The lowest BCUT2D eigenvalue weighted by molar-refractivity contribution is -0.121. The van der Waals surface area contributed by atoms with Crippen LogP contribution in [0.15, 0.2) is 83.4 Å². The third kappa shape index (κ3) is 6.68. The van der Waals surface area contributed by atoms with Crippen molar-refractivity contribution in [1.82, 2.24) is 15.8 Å². The maximum atomic E-state index is 13.9. The molecule has 0 aliphatic carbocycles. The second-order valence-corrected chi connectivity index (χ2v) is 7.98. The molecule has 0 radical (unpaired) electrons. The first-order valence-corrected chi connectivity index (χ1v) is 11.1. The molecule has 3 aromatic carbocycles. The number of hydrogen-bond donors (Lipinski definition) is 2. The van der Waals surface area contributed by atoms with Gasteiger partial charge < -0.3 is 9.15 Å². The minimum atomic E-state index is -0.457. The van der Waals surface area contributed by atoms with Crippen molar-refractivity contribution in [3.8, 4) is 17.1 Å². The zero-order valence-corrected chi connectivity index (χ0v) is 19.2. The highest BCUT2D eigenvalue weighted by molar-refractivity contribution is 6.30. The van der Waals surface area contributed by atoms with Crippen molar-refractivity contribution in [2.24, 2.45) is 0 Å². The number of aromatic nitrogens is 1. The van der Waals surface area contributed by atoms with E-state index >= 15 is 0 Å². The van der Waals surface area contributed by atoms with Crippen LogP contribution in [-0.4, -0.2) is 16.8 Å². The Hall–Kier alpha value is -4.17. The number of oxazole rings is 1. The molecular formula is C26H21ClFN3O4. The summed E-state index contributed by atoms with van der Waals surface area (Å²) in [6.45, 7) is 0.333. The molecule has 0 spiro atoms. The second-order valence-electron chi connectivity index (χ2n) is 7.54. The quantitative estimate of drug-likeness (QED) is 0.333. The van der Waals surface area contributed by atoms with Crippen LogP contribution in [-0.2, 0) is 17.8 Å². The molecule has 0 saturated carbocycles. The van der Waals surface area contributed by atoms with E-state index in [9.17, 15) is 14.0 Å². The van der Waals surface area contributed by atoms with E-state index in [0.717, 1.165) is 5.56 Å². The number of rotatable bonds is 8. The number of aryl methyl sites for hydroxylation is 1. The predicted molar refractivity (Wildman–Crippen MR) is 128 cm³/mol. The molecule has 2 N–H and O–H groups in total. The number of amides is 2. The van der Waals surface area contributed by atoms with Crippen LogP contribution in [0.2, 0.25) is 5.02 Å². The molecule has 0 aliphatic heterocycles. The minimum absolute atomic E-state index is 0.0263. The van der Waals surface area contributed by atoms with Crippen molar-refractivity contribution in [3.63, 3.8) is 0 Å². The first kappa shape index (κ1) is 24.0. The van der Waals surface area contributed by atoms with E-state index in [0.29, 0.717) is 34.4 Å². The SMILES string of the molecule is O=C(CCc1ncc(-c2ccccc2F)o1)NNC(=O)c1ccc(COc2ccc(Cl)cc2)cc1. The monoisotopic (exact) mass is 493 g/mol. The molecule has 0 saturated heterocycles. The molecule has 9 heteroatoms. The van der Waals surface area contributed by atoms with Crippen LogP contribution in [0.25, 0.3) is 11.3 Å². The number of hydrazine groups is 1. The predicted octanol–water partition coefficient (Wildman–Crippen LogP) is 5.11. The molecule has 178 valence electrons. The van der Waals surface area contributed by atoms with Gasteiger partial charge in [-0.1, -0.05) is 35.9 Å². The fourth-order valence-electron chi connectivity index (χ4n) is 3.14. The summed E-state index contributed by atoms with van der Waals surface area (Å²) in [4.78, 5) is 28.5. The van der Waals surface area contributed by atoms with Gasteiger partial charge in [0.15, 0.2) is 11.7 Å². The summed E-state index contributed by atoms with van der Waals surface area (Å²) in [5, 5.41) is 0.631. The zero-order chi connectivity index (χ0) is 24.6. The summed E-state index contributed by atoms with van der Waals surface area (Å²) in [5.41, 5.74) is 6.28. The van der Waals surface area contributed by atoms with E-state index in [1.165, 1.54) is 12.3 Å². The Kier molecular flexibility index (Phi) is 7.74. The smallest absolute Gasteiger partial charge is 0.269 e. The summed E-state index contributed by atoms with van der Waals surface area (Å²) < 4.78 is 25.1. The lowest BCUT2D eigenvalue weighted by atomic mass is 10.1. The van der Waals surface area contributed by atoms with E-state index < -0.39 is 17.6 Å². The standard InChI is InChI=1S/C26H21ClFN3O4/c27-19-9-11-20(12-10-19)34-16-17-5-7-18(8-6-17)26(33)31-30-24(32)13-14-25-29-15-23(35-25)21-3-1-2-4-22(21)28/h1-12,15H,13-14,16H2,(H,30,32)(H,31,33). The third-order valence-electron chi connectivity index (χ3n) is 5.01. The topological polar surface area (TPSA) is 93.5 Å². The molecule has 2 amide bonds. The number of halogens is 2. The van der Waals surface area contributed by atoms with Gasteiger partial charge in [-0.3, -0.25) is 20.4 Å². The maximum absolute atomic E-state index is 13.9. The highest BCUT2D eigenvalue weighted by Crippen LogP contribution is 2.23. The van der Waals surface area contributed by atoms with E-state index in [1.54, 1.807) is 66.7 Å². The van der Waals surface area contributed by atoms with Crippen LogP contribution in [0.5, 0.6) is 5.75 Å². The molecule has 0 fully saturated rings. The lowest BCUT2D eigenvalue weighted by Crippen LogP contribution is -2.41. The largest absolute Gasteiger partial charge is 0.489 e. The molecular weight excluding hydrogens is 473 g/mol. The minimum Gasteiger partial charge on any atom is -0.489 e. The van der Waals surface area contributed by atoms with Crippen LogP contribution in [0.4, 0.5) is 4.39 Å². The first-order chi connectivity index (χ1) is 17.0. The number of carbonyl (C=O) groups is 2. The highest BCUT2D eigenvalue weighted by atomic mass is 35.5. The highest BCUT2D eigenvalue weighted by Gasteiger charge is 2.13. The Morgan fingerprint density at radius 3 is 2.46 bits per heavy atom. The Bertz CT molecular complexity index is 1310. The van der Waals surface area contributed by atoms with Crippen LogP contribution in [0.3, 0.4) is 0 Å². The Labute approximate surface area is 205 Å². The number of carbonyl (C=O) groups excluding carboxylic acids is 2. The average Bonchev–Trinajstić information content (AvgIpc) is 3.35. The summed E-state index contributed by atoms with van der Waals surface area (Å²) in [7, 11) is 0. The van der Waals surface area contributed by atoms with Gasteiger partial charge in [-0.15, -0.1) is 0 Å². The van der Waals surface area contributed by atoms with Crippen molar-refractivity contribution in [1.29, 1.82) is 0 Å². The van der Waals surface area contributed by atoms with Gasteiger partial charge in [-0.05, 0) is 54.1 Å². The number of nitrogens with one attached hydrogen (secondary N) is 2. The van der Waals surface area contributed by atoms with Gasteiger partial charge >= 0.3 is 0 Å². The van der Waals surface area contributed by atoms with Crippen molar-refractivity contribution in [2.45, 2.75) is 19.4 Å². The molecule has 7 nitrogen and oxygen atoms in total. The molecule has 0 aliphatic rings. The molecule has 0 unspecified atom stereocenters. The van der Waals surface area contributed by atoms with Crippen molar-refractivity contribution in [3.05, 3.63) is 107 Å². The van der Waals surface area contributed by atoms with E-state index in [2.05, 4.69) is 15.8 Å². The number of benzene rings is 3. The second kappa shape index (κ2) is 11.3. The number of ether oxygens (including phenoxy) is 1. The summed E-state index contributed by atoms with van der Waals surface area (Å²) in [6.07, 6.45) is 1.63. The Balaban J connectivity index is 1.21. The summed E-state index contributed by atoms with van der Waals surface area (Å²) in [6, 6.07) is 20.0. The van der Waals surface area contributed by atoms with Crippen LogP contribution >= 0.6 is 11.6 Å². The van der Waals surface area contributed by atoms with Gasteiger partial charge in [-0.25, -0.2) is 9.37 Å². The normalized spacial score (nSPS) is 10.6. The first-order valence-electron chi connectivity index (χ1n) is 10.7. The van der Waals surface area contributed by atoms with Gasteiger partial charge in [-0.2, -0.15) is 0 Å². The molecule has 0 bridgehead atoms. The fraction of sp³-hybridized carbons (Fsp3) is 0.115. The molecule has 4 rings (SSSR count). The number of hydrogen-bond acceptors (Lipinski definition) is 5. The van der Waals surface area contributed by atoms with Crippen LogP contribution in [0, 0.1) is 5.82 Å². The van der Waals surface area contributed by atoms with Crippen molar-refractivity contribution < 1.29 is 23.1 Å². The molecule has 0 atom stereocenters. The van der Waals surface area contributed by atoms with Crippen LogP contribution < -0.4 is 15.6 Å². The number of nitrogens with zero attached hydrogens (tertiary/aromatic N) is 1. The van der Waals surface area contributed by atoms with E-state index in [1.807, 2.05) is 0 Å². The van der Waals surface area contributed by atoms with Crippen molar-refractivity contribution in [2.75, 3.05) is 0 Å². The summed E-state index contributed by atoms with van der Waals surface area (Å²) in [5.74, 6) is -0.0293. The third-order valence-corrected chi connectivity index (χ3v) is 5.26. The molecule has 1 aromatic heterocycles. The van der Waals surface area contributed by atoms with E-state index in [-0.39, 0.29) is 18.6 Å². The average molecular weight is 494 g/mol. The van der Waals surface area contributed by atoms with E-state index in [4.69, 9.17) is 20.8 Å².